The SMILES string of the molecule is NC[C@@H]1CCCN1c1cc(-c2cn[nH]c2)c2ccc(Cl)c(Cl)c2n1. The molecule has 0 aliphatic carbocycles. The van der Waals surface area contributed by atoms with Gasteiger partial charge in [0.2, 0.25) is 0 Å². The van der Waals surface area contributed by atoms with Crippen molar-refractivity contribution >= 4 is 39.9 Å². The Hall–Kier alpha value is -1.82. The smallest absolute Gasteiger partial charge is 0.130 e. The number of nitrogens with one attached hydrogen (secondary N) is 1. The number of H-pyrrole nitrogens is 1. The molecule has 3 N–H and O–H groups in total. The van der Waals surface area contributed by atoms with Crippen LogP contribution in [0, 0.1) is 0 Å². The predicted octanol–water partition coefficient (Wildman–Crippen LogP) is 3.86. The Balaban J connectivity index is 1.97. The molecular formula is C17H17Cl2N5. The Kier molecular flexibility index (Phi) is 4.08. The largest absolute Gasteiger partial charge is 0.352 e. The first-order chi connectivity index (χ1) is 11.7. The molecule has 7 heteroatoms. The summed E-state index contributed by atoms with van der Waals surface area (Å²) in [5.74, 6) is 0.885. The van der Waals surface area contributed by atoms with E-state index in [2.05, 4.69) is 21.2 Å². The highest BCUT2D eigenvalue weighted by Crippen LogP contribution is 2.38. The van der Waals surface area contributed by atoms with Crippen molar-refractivity contribution in [2.75, 3.05) is 18.0 Å². The van der Waals surface area contributed by atoms with Crippen LogP contribution in [0.5, 0.6) is 0 Å². The zero-order valence-corrected chi connectivity index (χ0v) is 14.5. The van der Waals surface area contributed by atoms with Crippen LogP contribution in [0.2, 0.25) is 10.0 Å². The van der Waals surface area contributed by atoms with Crippen LogP contribution in [0.4, 0.5) is 5.82 Å². The number of anilines is 1. The number of rotatable bonds is 3. The van der Waals surface area contributed by atoms with Gasteiger partial charge < -0.3 is 10.6 Å². The van der Waals surface area contributed by atoms with Crippen LogP contribution >= 0.6 is 23.2 Å². The summed E-state index contributed by atoms with van der Waals surface area (Å²) in [6.45, 7) is 1.56. The minimum absolute atomic E-state index is 0.310. The molecule has 0 radical (unpaired) electrons. The summed E-state index contributed by atoms with van der Waals surface area (Å²) >= 11 is 12.7. The molecule has 2 aromatic heterocycles. The monoisotopic (exact) mass is 361 g/mol. The number of aromatic nitrogens is 3. The van der Waals surface area contributed by atoms with E-state index >= 15 is 0 Å². The molecule has 0 bridgehead atoms. The second-order valence-electron chi connectivity index (χ2n) is 6.00. The van der Waals surface area contributed by atoms with Crippen molar-refractivity contribution in [1.29, 1.82) is 0 Å². The molecule has 1 aliphatic rings. The first kappa shape index (κ1) is 15.7. The third kappa shape index (κ3) is 2.53. The van der Waals surface area contributed by atoms with Gasteiger partial charge in [-0.1, -0.05) is 29.3 Å². The number of hydrogen-bond donors (Lipinski definition) is 2. The molecule has 0 amide bonds. The summed E-state index contributed by atoms with van der Waals surface area (Å²) in [6, 6.07) is 6.15. The van der Waals surface area contributed by atoms with E-state index in [-0.39, 0.29) is 0 Å². The Morgan fingerprint density at radius 3 is 2.96 bits per heavy atom. The van der Waals surface area contributed by atoms with Crippen LogP contribution in [0.15, 0.2) is 30.6 Å². The van der Waals surface area contributed by atoms with Crippen LogP contribution in [0.1, 0.15) is 12.8 Å². The summed E-state index contributed by atoms with van der Waals surface area (Å²) in [7, 11) is 0. The normalized spacial score (nSPS) is 17.8. The van der Waals surface area contributed by atoms with Crippen molar-refractivity contribution in [3.63, 3.8) is 0 Å². The minimum atomic E-state index is 0.310. The molecule has 1 fully saturated rings. The third-order valence-corrected chi connectivity index (χ3v) is 5.41. The van der Waals surface area contributed by atoms with Crippen LogP contribution < -0.4 is 10.6 Å². The lowest BCUT2D eigenvalue weighted by Gasteiger charge is -2.25. The maximum atomic E-state index is 6.45. The van der Waals surface area contributed by atoms with Gasteiger partial charge in [0.1, 0.15) is 5.82 Å². The lowest BCUT2D eigenvalue weighted by atomic mass is 10.0. The summed E-state index contributed by atoms with van der Waals surface area (Å²) in [5.41, 5.74) is 8.66. The zero-order chi connectivity index (χ0) is 16.7. The van der Waals surface area contributed by atoms with E-state index in [9.17, 15) is 0 Å². The van der Waals surface area contributed by atoms with Gasteiger partial charge in [0.05, 0.1) is 21.8 Å². The van der Waals surface area contributed by atoms with Gasteiger partial charge in [0, 0.05) is 36.3 Å². The number of pyridine rings is 1. The van der Waals surface area contributed by atoms with E-state index < -0.39 is 0 Å². The van der Waals surface area contributed by atoms with Gasteiger partial charge in [-0.3, -0.25) is 5.10 Å². The molecule has 1 aromatic carbocycles. The molecule has 0 saturated carbocycles. The molecule has 4 rings (SSSR count). The van der Waals surface area contributed by atoms with Crippen molar-refractivity contribution in [3.8, 4) is 11.1 Å². The number of nitrogens with zero attached hydrogens (tertiary/aromatic N) is 3. The Labute approximate surface area is 149 Å². The molecule has 3 heterocycles. The number of benzene rings is 1. The molecule has 1 aliphatic heterocycles. The standard InChI is InChI=1S/C17H17Cl2N5/c18-14-4-3-12-13(10-8-21-22-9-10)6-15(23-17(12)16(14)19)24-5-1-2-11(24)7-20/h3-4,6,8-9,11H,1-2,5,7,20H2,(H,21,22)/t11-/m0/s1. The molecule has 0 spiro atoms. The second-order valence-corrected chi connectivity index (χ2v) is 6.78. The third-order valence-electron chi connectivity index (χ3n) is 4.61. The average molecular weight is 362 g/mol. The molecule has 124 valence electrons. The highest BCUT2D eigenvalue weighted by atomic mass is 35.5. The molecule has 0 unspecified atom stereocenters. The fourth-order valence-corrected chi connectivity index (χ4v) is 3.75. The van der Waals surface area contributed by atoms with Crippen LogP contribution in [-0.4, -0.2) is 34.3 Å². The maximum Gasteiger partial charge on any atom is 0.130 e. The van der Waals surface area contributed by atoms with Crippen molar-refractivity contribution in [1.82, 2.24) is 15.2 Å². The van der Waals surface area contributed by atoms with E-state index in [0.717, 1.165) is 41.7 Å². The summed E-state index contributed by atoms with van der Waals surface area (Å²) < 4.78 is 0. The van der Waals surface area contributed by atoms with Gasteiger partial charge in [-0.05, 0) is 30.5 Å². The van der Waals surface area contributed by atoms with E-state index in [4.69, 9.17) is 33.9 Å². The van der Waals surface area contributed by atoms with E-state index in [1.807, 2.05) is 12.3 Å². The fraction of sp³-hybridized carbons (Fsp3) is 0.294. The van der Waals surface area contributed by atoms with Gasteiger partial charge in [0.15, 0.2) is 0 Å². The number of nitrogens with two attached hydrogens (primary N) is 1. The fourth-order valence-electron chi connectivity index (χ4n) is 3.39. The first-order valence-electron chi connectivity index (χ1n) is 7.93. The van der Waals surface area contributed by atoms with Crippen molar-refractivity contribution in [2.24, 2.45) is 5.73 Å². The Morgan fingerprint density at radius 2 is 2.21 bits per heavy atom. The Bertz CT molecular complexity index is 878. The topological polar surface area (TPSA) is 70.8 Å². The summed E-state index contributed by atoms with van der Waals surface area (Å²) in [6.07, 6.45) is 5.86. The molecule has 1 saturated heterocycles. The van der Waals surface area contributed by atoms with E-state index in [1.165, 1.54) is 0 Å². The van der Waals surface area contributed by atoms with Crippen LogP contribution in [0.3, 0.4) is 0 Å². The quantitative estimate of drug-likeness (QED) is 0.742. The molecular weight excluding hydrogens is 345 g/mol. The van der Waals surface area contributed by atoms with Gasteiger partial charge in [0.25, 0.3) is 0 Å². The lowest BCUT2D eigenvalue weighted by molar-refractivity contribution is 0.672. The average Bonchev–Trinajstić information content (AvgIpc) is 3.28. The molecule has 1 atom stereocenters. The number of fused-ring (bicyclic) bond motifs is 1. The Morgan fingerprint density at radius 1 is 1.33 bits per heavy atom. The van der Waals surface area contributed by atoms with Gasteiger partial charge in [-0.15, -0.1) is 0 Å². The lowest BCUT2D eigenvalue weighted by Crippen LogP contribution is -2.35. The van der Waals surface area contributed by atoms with E-state index in [1.54, 1.807) is 12.3 Å². The number of halogens is 2. The highest BCUT2D eigenvalue weighted by Gasteiger charge is 2.26. The highest BCUT2D eigenvalue weighted by molar-refractivity contribution is 6.45. The second kappa shape index (κ2) is 6.24. The summed E-state index contributed by atoms with van der Waals surface area (Å²) in [5, 5.41) is 8.87. The molecule has 3 aromatic rings. The van der Waals surface area contributed by atoms with Crippen molar-refractivity contribution in [2.45, 2.75) is 18.9 Å². The minimum Gasteiger partial charge on any atom is -0.352 e. The van der Waals surface area contributed by atoms with Crippen LogP contribution in [0.25, 0.3) is 22.0 Å². The number of hydrogen-bond acceptors (Lipinski definition) is 4. The first-order valence-corrected chi connectivity index (χ1v) is 8.69. The van der Waals surface area contributed by atoms with Crippen LogP contribution in [-0.2, 0) is 0 Å². The maximum absolute atomic E-state index is 6.45. The molecule has 5 nitrogen and oxygen atoms in total. The van der Waals surface area contributed by atoms with Crippen molar-refractivity contribution in [3.05, 3.63) is 40.6 Å². The summed E-state index contributed by atoms with van der Waals surface area (Å²) in [4.78, 5) is 7.07. The zero-order valence-electron chi connectivity index (χ0n) is 13.0. The molecule has 24 heavy (non-hydrogen) atoms. The van der Waals surface area contributed by atoms with Gasteiger partial charge >= 0.3 is 0 Å². The predicted molar refractivity (Wildman–Crippen MR) is 98.8 cm³/mol. The van der Waals surface area contributed by atoms with E-state index in [0.29, 0.717) is 28.1 Å². The van der Waals surface area contributed by atoms with Gasteiger partial charge in [-0.25, -0.2) is 4.98 Å². The van der Waals surface area contributed by atoms with Crippen molar-refractivity contribution < 1.29 is 0 Å². The number of aromatic amines is 1. The van der Waals surface area contributed by atoms with Gasteiger partial charge in [-0.2, -0.15) is 5.10 Å².